The Balaban J connectivity index is 0.00000342. The lowest BCUT2D eigenvalue weighted by Crippen LogP contribution is -2.47. The third-order valence-corrected chi connectivity index (χ3v) is 8.20. The van der Waals surface area contributed by atoms with Crippen LogP contribution in [0.15, 0.2) is 53.4 Å². The van der Waals surface area contributed by atoms with E-state index in [0.717, 1.165) is 76.9 Å². The average Bonchev–Trinajstić information content (AvgIpc) is 2.84. The standard InChI is InChI=1S/C27H37N3O3S.ClH/c1-34(32,33)26-15-7-6-14-25(26)30-20-18-29(19-21-30)17-8-2-3-16-27(31)28-24-13-9-11-22-10-4-5-12-23(22)24;/h4-7,10,12,14-15,24H,2-3,8-9,11,13,16-21H2,1H3,(H,28,31);1H. The zero-order chi connectivity index (χ0) is 24.0. The van der Waals surface area contributed by atoms with E-state index in [2.05, 4.69) is 39.4 Å². The van der Waals surface area contributed by atoms with Crippen molar-refractivity contribution in [1.82, 2.24) is 10.2 Å². The molecule has 35 heavy (non-hydrogen) atoms. The smallest absolute Gasteiger partial charge is 0.220 e. The topological polar surface area (TPSA) is 69.7 Å². The van der Waals surface area contributed by atoms with Crippen LogP contribution in [0.2, 0.25) is 0 Å². The molecule has 1 atom stereocenters. The molecule has 1 heterocycles. The van der Waals surface area contributed by atoms with Crippen molar-refractivity contribution in [3.63, 3.8) is 0 Å². The highest BCUT2D eigenvalue weighted by Gasteiger charge is 2.23. The van der Waals surface area contributed by atoms with Crippen LogP contribution in [-0.4, -0.2) is 58.2 Å². The molecule has 1 N–H and O–H groups in total. The van der Waals surface area contributed by atoms with Gasteiger partial charge in [-0.1, -0.05) is 42.8 Å². The Morgan fingerprint density at radius 2 is 1.69 bits per heavy atom. The summed E-state index contributed by atoms with van der Waals surface area (Å²) in [6.07, 6.45) is 8.19. The average molecular weight is 520 g/mol. The molecule has 1 unspecified atom stereocenters. The number of fused-ring (bicyclic) bond motifs is 1. The third kappa shape index (κ3) is 7.45. The molecule has 0 spiro atoms. The highest BCUT2D eigenvalue weighted by atomic mass is 35.5. The van der Waals surface area contributed by atoms with Gasteiger partial charge in [-0.3, -0.25) is 9.69 Å². The summed E-state index contributed by atoms with van der Waals surface area (Å²) in [7, 11) is -3.24. The highest BCUT2D eigenvalue weighted by Crippen LogP contribution is 2.29. The number of nitrogens with zero attached hydrogens (tertiary/aromatic N) is 2. The monoisotopic (exact) mass is 519 g/mol. The van der Waals surface area contributed by atoms with Gasteiger partial charge in [-0.2, -0.15) is 0 Å². The first-order valence-corrected chi connectivity index (χ1v) is 14.4. The summed E-state index contributed by atoms with van der Waals surface area (Å²) in [5.74, 6) is 0.167. The number of unbranched alkanes of at least 4 members (excludes halogenated alkanes) is 2. The van der Waals surface area contributed by atoms with Crippen LogP contribution in [0.25, 0.3) is 0 Å². The van der Waals surface area contributed by atoms with Gasteiger partial charge in [0.2, 0.25) is 5.91 Å². The number of aryl methyl sites for hydroxylation is 1. The van der Waals surface area contributed by atoms with Crippen LogP contribution in [0.5, 0.6) is 0 Å². The molecule has 1 fully saturated rings. The van der Waals surface area contributed by atoms with Crippen LogP contribution in [-0.2, 0) is 21.1 Å². The summed E-state index contributed by atoms with van der Waals surface area (Å²) in [4.78, 5) is 17.5. The molecular formula is C27H38ClN3O3S. The number of hydrogen-bond acceptors (Lipinski definition) is 5. The summed E-state index contributed by atoms with van der Waals surface area (Å²) in [5.41, 5.74) is 3.48. The maximum absolute atomic E-state index is 12.5. The van der Waals surface area contributed by atoms with Gasteiger partial charge in [0.1, 0.15) is 0 Å². The number of amides is 1. The minimum atomic E-state index is -3.24. The molecule has 1 saturated heterocycles. The maximum Gasteiger partial charge on any atom is 0.220 e. The molecule has 2 aromatic carbocycles. The Kier molecular flexibility index (Phi) is 10.0. The minimum absolute atomic E-state index is 0. The van der Waals surface area contributed by atoms with E-state index >= 15 is 0 Å². The zero-order valence-electron chi connectivity index (χ0n) is 20.6. The minimum Gasteiger partial charge on any atom is -0.368 e. The van der Waals surface area contributed by atoms with Crippen molar-refractivity contribution in [1.29, 1.82) is 0 Å². The Morgan fingerprint density at radius 1 is 0.971 bits per heavy atom. The van der Waals surface area contributed by atoms with Crippen LogP contribution in [0.4, 0.5) is 5.69 Å². The number of carbonyl (C=O) groups is 1. The van der Waals surface area contributed by atoms with E-state index < -0.39 is 9.84 Å². The van der Waals surface area contributed by atoms with Gasteiger partial charge in [0.15, 0.2) is 9.84 Å². The predicted octanol–water partition coefficient (Wildman–Crippen LogP) is 4.39. The number of rotatable bonds is 9. The second-order valence-electron chi connectivity index (χ2n) is 9.59. The Hall–Kier alpha value is -2.09. The molecule has 1 amide bonds. The molecule has 6 nitrogen and oxygen atoms in total. The van der Waals surface area contributed by atoms with Crippen LogP contribution in [0.1, 0.15) is 55.7 Å². The van der Waals surface area contributed by atoms with E-state index in [9.17, 15) is 13.2 Å². The number of nitrogens with one attached hydrogen (secondary N) is 1. The summed E-state index contributed by atoms with van der Waals surface area (Å²) < 4.78 is 24.2. The normalized spacial score (nSPS) is 18.4. The van der Waals surface area contributed by atoms with Crippen LogP contribution in [0, 0.1) is 0 Å². The molecule has 192 valence electrons. The van der Waals surface area contributed by atoms with Crippen molar-refractivity contribution < 1.29 is 13.2 Å². The van der Waals surface area contributed by atoms with Crippen LogP contribution < -0.4 is 10.2 Å². The van der Waals surface area contributed by atoms with Gasteiger partial charge in [-0.25, -0.2) is 8.42 Å². The molecule has 0 aromatic heterocycles. The van der Waals surface area contributed by atoms with Crippen molar-refractivity contribution in [2.24, 2.45) is 0 Å². The molecule has 2 aliphatic rings. The summed E-state index contributed by atoms with van der Waals surface area (Å²) in [6, 6.07) is 15.9. The maximum atomic E-state index is 12.5. The Bertz CT molecular complexity index is 1080. The first-order chi connectivity index (χ1) is 16.4. The van der Waals surface area contributed by atoms with Crippen molar-refractivity contribution in [3.8, 4) is 0 Å². The van der Waals surface area contributed by atoms with Crippen molar-refractivity contribution in [3.05, 3.63) is 59.7 Å². The number of anilines is 1. The second kappa shape index (κ2) is 12.7. The van der Waals surface area contributed by atoms with Crippen LogP contribution >= 0.6 is 12.4 Å². The SMILES string of the molecule is CS(=O)(=O)c1ccccc1N1CCN(CCCCCC(=O)NC2CCCc3ccccc32)CC1.Cl. The molecule has 0 bridgehead atoms. The molecule has 2 aromatic rings. The highest BCUT2D eigenvalue weighted by molar-refractivity contribution is 7.90. The Labute approximate surface area is 216 Å². The largest absolute Gasteiger partial charge is 0.368 e. The van der Waals surface area contributed by atoms with Gasteiger partial charge in [-0.15, -0.1) is 12.4 Å². The quantitative estimate of drug-likeness (QED) is 0.498. The fourth-order valence-corrected chi connectivity index (χ4v) is 6.12. The van der Waals surface area contributed by atoms with Gasteiger partial charge in [0, 0.05) is 38.9 Å². The molecular weight excluding hydrogens is 482 g/mol. The number of piperazine rings is 1. The lowest BCUT2D eigenvalue weighted by molar-refractivity contribution is -0.122. The van der Waals surface area contributed by atoms with Crippen LogP contribution in [0.3, 0.4) is 0 Å². The fourth-order valence-electron chi connectivity index (χ4n) is 5.21. The van der Waals surface area contributed by atoms with Gasteiger partial charge < -0.3 is 10.2 Å². The number of para-hydroxylation sites is 1. The number of benzene rings is 2. The first-order valence-electron chi connectivity index (χ1n) is 12.6. The fraction of sp³-hybridized carbons (Fsp3) is 0.519. The number of sulfone groups is 1. The Morgan fingerprint density at radius 3 is 2.46 bits per heavy atom. The van der Waals surface area contributed by atoms with Crippen molar-refractivity contribution in [2.45, 2.75) is 55.9 Å². The zero-order valence-corrected chi connectivity index (χ0v) is 22.3. The lowest BCUT2D eigenvalue weighted by Gasteiger charge is -2.36. The van der Waals surface area contributed by atoms with E-state index in [4.69, 9.17) is 0 Å². The van der Waals surface area contributed by atoms with E-state index in [1.165, 1.54) is 17.4 Å². The summed E-state index contributed by atoms with van der Waals surface area (Å²) in [5, 5.41) is 3.25. The number of hydrogen-bond donors (Lipinski definition) is 1. The van der Waals surface area contributed by atoms with E-state index in [1.807, 2.05) is 12.1 Å². The first kappa shape index (κ1) is 27.5. The van der Waals surface area contributed by atoms with Crippen molar-refractivity contribution >= 4 is 33.8 Å². The third-order valence-electron chi connectivity index (χ3n) is 7.06. The van der Waals surface area contributed by atoms with E-state index in [0.29, 0.717) is 11.3 Å². The van der Waals surface area contributed by atoms with Crippen molar-refractivity contribution in [2.75, 3.05) is 43.9 Å². The molecule has 1 aliphatic carbocycles. The second-order valence-corrected chi connectivity index (χ2v) is 11.6. The summed E-state index contributed by atoms with van der Waals surface area (Å²) in [6.45, 7) is 4.55. The summed E-state index contributed by atoms with van der Waals surface area (Å²) >= 11 is 0. The molecule has 1 aliphatic heterocycles. The lowest BCUT2D eigenvalue weighted by atomic mass is 9.87. The van der Waals surface area contributed by atoms with E-state index in [1.54, 1.807) is 12.1 Å². The molecule has 0 saturated carbocycles. The molecule has 4 rings (SSSR count). The molecule has 0 radical (unpaired) electrons. The van der Waals surface area contributed by atoms with Gasteiger partial charge in [0.05, 0.1) is 16.6 Å². The van der Waals surface area contributed by atoms with Gasteiger partial charge >= 0.3 is 0 Å². The van der Waals surface area contributed by atoms with E-state index in [-0.39, 0.29) is 24.4 Å². The molecule has 8 heteroatoms. The van der Waals surface area contributed by atoms with Gasteiger partial charge in [0.25, 0.3) is 0 Å². The van der Waals surface area contributed by atoms with Gasteiger partial charge in [-0.05, 0) is 61.9 Å². The predicted molar refractivity (Wildman–Crippen MR) is 144 cm³/mol. The number of carbonyl (C=O) groups excluding carboxylic acids is 1. The number of halogens is 1.